The molecule has 3 aromatic rings. The number of aromatic nitrogens is 2. The van der Waals surface area contributed by atoms with Crippen molar-refractivity contribution in [1.82, 2.24) is 20.2 Å². The molecule has 1 atom stereocenters. The summed E-state index contributed by atoms with van der Waals surface area (Å²) in [7, 11) is 1.52. The van der Waals surface area contributed by atoms with Crippen molar-refractivity contribution in [2.24, 2.45) is 0 Å². The van der Waals surface area contributed by atoms with Crippen LogP contribution in [0.1, 0.15) is 25.3 Å². The van der Waals surface area contributed by atoms with Gasteiger partial charge >= 0.3 is 6.03 Å². The smallest absolute Gasteiger partial charge is 0.321 e. The first kappa shape index (κ1) is 23.1. The molecule has 1 saturated carbocycles. The lowest BCUT2D eigenvalue weighted by atomic mass is 10.2. The molecule has 2 aromatic carbocycles. The third-order valence-corrected chi connectivity index (χ3v) is 6.46. The van der Waals surface area contributed by atoms with E-state index in [0.29, 0.717) is 27.4 Å². The molecule has 2 N–H and O–H groups in total. The molecule has 1 aliphatic carbocycles. The van der Waals surface area contributed by atoms with Gasteiger partial charge in [-0.15, -0.1) is 0 Å². The second-order valence-electron chi connectivity index (χ2n) is 7.87. The number of imide groups is 1. The lowest BCUT2D eigenvalue weighted by molar-refractivity contribution is -0.119. The van der Waals surface area contributed by atoms with Gasteiger partial charge in [0.05, 0.1) is 29.0 Å². The van der Waals surface area contributed by atoms with Crippen LogP contribution in [0.25, 0.3) is 16.6 Å². The Kier molecular flexibility index (Phi) is 6.62. The Labute approximate surface area is 199 Å². The monoisotopic (exact) mass is 486 g/mol. The zero-order valence-corrected chi connectivity index (χ0v) is 19.9. The highest BCUT2D eigenvalue weighted by molar-refractivity contribution is 8.00. The molecule has 1 aliphatic rings. The van der Waals surface area contributed by atoms with E-state index < -0.39 is 17.2 Å². The van der Waals surface area contributed by atoms with E-state index in [9.17, 15) is 14.4 Å². The second-order valence-corrected chi connectivity index (χ2v) is 9.61. The van der Waals surface area contributed by atoms with Crippen LogP contribution in [0.15, 0.2) is 46.3 Å². The minimum absolute atomic E-state index is 0.131. The van der Waals surface area contributed by atoms with Gasteiger partial charge in [0.2, 0.25) is 5.91 Å². The van der Waals surface area contributed by atoms with Crippen LogP contribution < -0.4 is 20.9 Å². The number of amides is 3. The molecule has 0 saturated heterocycles. The quantitative estimate of drug-likeness (QED) is 0.405. The van der Waals surface area contributed by atoms with E-state index in [-0.39, 0.29) is 16.8 Å². The van der Waals surface area contributed by atoms with Crippen LogP contribution >= 0.6 is 23.4 Å². The van der Waals surface area contributed by atoms with Crippen LogP contribution in [-0.2, 0) is 4.79 Å². The van der Waals surface area contributed by atoms with Gasteiger partial charge in [-0.05, 0) is 62.6 Å². The number of thioether (sulfide) groups is 1. The van der Waals surface area contributed by atoms with Gasteiger partial charge in [0.15, 0.2) is 5.16 Å². The molecule has 4 rings (SSSR count). The van der Waals surface area contributed by atoms with Gasteiger partial charge in [-0.25, -0.2) is 9.78 Å². The van der Waals surface area contributed by atoms with E-state index in [1.54, 1.807) is 31.2 Å². The zero-order chi connectivity index (χ0) is 23.7. The molecule has 1 unspecified atom stereocenters. The van der Waals surface area contributed by atoms with Crippen molar-refractivity contribution >= 4 is 46.2 Å². The summed E-state index contributed by atoms with van der Waals surface area (Å²) in [5.41, 5.74) is 1.53. The van der Waals surface area contributed by atoms with E-state index in [2.05, 4.69) is 15.6 Å². The molecule has 1 fully saturated rings. The van der Waals surface area contributed by atoms with Crippen LogP contribution in [0.4, 0.5) is 4.79 Å². The number of carbonyl (C=O) groups is 2. The molecule has 0 spiro atoms. The molecule has 0 bridgehead atoms. The predicted octanol–water partition coefficient (Wildman–Crippen LogP) is 3.82. The zero-order valence-electron chi connectivity index (χ0n) is 18.3. The van der Waals surface area contributed by atoms with Crippen molar-refractivity contribution in [3.8, 4) is 11.4 Å². The molecular formula is C23H23ClN4O4S. The first-order valence-corrected chi connectivity index (χ1v) is 11.7. The first-order valence-electron chi connectivity index (χ1n) is 10.4. The van der Waals surface area contributed by atoms with Crippen LogP contribution in [0, 0.1) is 6.92 Å². The molecule has 33 heavy (non-hydrogen) atoms. The predicted molar refractivity (Wildman–Crippen MR) is 129 cm³/mol. The molecule has 1 heterocycles. The largest absolute Gasteiger partial charge is 0.495 e. The average molecular weight is 487 g/mol. The van der Waals surface area contributed by atoms with E-state index >= 15 is 0 Å². The van der Waals surface area contributed by atoms with E-state index in [4.69, 9.17) is 16.3 Å². The van der Waals surface area contributed by atoms with Gasteiger partial charge < -0.3 is 10.1 Å². The molecule has 1 aromatic heterocycles. The van der Waals surface area contributed by atoms with Gasteiger partial charge in [0.1, 0.15) is 5.75 Å². The number of fused-ring (bicyclic) bond motifs is 1. The van der Waals surface area contributed by atoms with Crippen molar-refractivity contribution in [1.29, 1.82) is 0 Å². The molecule has 0 radical (unpaired) electrons. The number of hydrogen-bond acceptors (Lipinski definition) is 6. The number of nitrogens with zero attached hydrogens (tertiary/aromatic N) is 2. The fourth-order valence-corrected chi connectivity index (χ4v) is 4.37. The Hall–Kier alpha value is -3.04. The van der Waals surface area contributed by atoms with Crippen LogP contribution in [0.2, 0.25) is 5.02 Å². The maximum atomic E-state index is 13.5. The number of carbonyl (C=O) groups excluding carboxylic acids is 2. The lowest BCUT2D eigenvalue weighted by Crippen LogP contribution is -2.43. The number of urea groups is 1. The summed E-state index contributed by atoms with van der Waals surface area (Å²) in [6.45, 7) is 3.56. The number of aryl methyl sites for hydroxylation is 1. The number of hydrogen-bond donors (Lipinski definition) is 2. The molecule has 8 nitrogen and oxygen atoms in total. The van der Waals surface area contributed by atoms with Crippen LogP contribution in [0.3, 0.4) is 0 Å². The van der Waals surface area contributed by atoms with Gasteiger partial charge in [-0.1, -0.05) is 29.4 Å². The number of benzene rings is 2. The summed E-state index contributed by atoms with van der Waals surface area (Å²) < 4.78 is 6.93. The average Bonchev–Trinajstić information content (AvgIpc) is 3.57. The highest BCUT2D eigenvalue weighted by Crippen LogP contribution is 2.30. The minimum Gasteiger partial charge on any atom is -0.495 e. The molecule has 10 heteroatoms. The standard InChI is InChI=1S/C23H23ClN4O4S/c1-12-4-9-19(32-3)18(10-12)28-21(30)16-8-5-14(24)11-17(16)26-23(28)33-13(2)20(29)27-22(31)25-15-6-7-15/h4-5,8-11,13,15H,6-7H2,1-3H3,(H2,25,27,29,31). The van der Waals surface area contributed by atoms with Gasteiger partial charge in [-0.3, -0.25) is 19.5 Å². The Morgan fingerprint density at radius 3 is 2.70 bits per heavy atom. The maximum absolute atomic E-state index is 13.5. The van der Waals surface area contributed by atoms with Gasteiger partial charge in [-0.2, -0.15) is 0 Å². The summed E-state index contributed by atoms with van der Waals surface area (Å²) in [5, 5.41) is 5.47. The van der Waals surface area contributed by atoms with Crippen LogP contribution in [0.5, 0.6) is 5.75 Å². The topological polar surface area (TPSA) is 102 Å². The number of nitrogens with one attached hydrogen (secondary N) is 2. The highest BCUT2D eigenvalue weighted by Gasteiger charge is 2.26. The SMILES string of the molecule is COc1ccc(C)cc1-n1c(SC(C)C(=O)NC(=O)NC2CC2)nc2cc(Cl)ccc2c1=O. The Morgan fingerprint density at radius 2 is 2.00 bits per heavy atom. The minimum atomic E-state index is -0.708. The number of halogens is 1. The summed E-state index contributed by atoms with van der Waals surface area (Å²) in [5.74, 6) is 0.00178. The van der Waals surface area contributed by atoms with E-state index in [1.807, 2.05) is 19.1 Å². The van der Waals surface area contributed by atoms with Crippen LogP contribution in [-0.4, -0.2) is 39.9 Å². The maximum Gasteiger partial charge on any atom is 0.321 e. The Morgan fingerprint density at radius 1 is 1.24 bits per heavy atom. The van der Waals surface area contributed by atoms with E-state index in [1.165, 1.54) is 11.7 Å². The van der Waals surface area contributed by atoms with E-state index in [0.717, 1.165) is 30.2 Å². The molecule has 3 amide bonds. The Balaban J connectivity index is 1.76. The summed E-state index contributed by atoms with van der Waals surface area (Å²) in [6, 6.07) is 9.94. The first-order chi connectivity index (χ1) is 15.8. The second kappa shape index (κ2) is 9.44. The lowest BCUT2D eigenvalue weighted by Gasteiger charge is -2.18. The van der Waals surface area contributed by atoms with Crippen molar-refractivity contribution in [3.05, 3.63) is 57.3 Å². The normalized spacial score (nSPS) is 14.1. The third-order valence-electron chi connectivity index (χ3n) is 5.18. The summed E-state index contributed by atoms with van der Waals surface area (Å²) >= 11 is 7.20. The molecule has 0 aliphatic heterocycles. The fourth-order valence-electron chi connectivity index (χ4n) is 3.28. The molecule has 172 valence electrons. The van der Waals surface area contributed by atoms with Gasteiger partial charge in [0.25, 0.3) is 5.56 Å². The molecular weight excluding hydrogens is 464 g/mol. The highest BCUT2D eigenvalue weighted by atomic mass is 35.5. The number of methoxy groups -OCH3 is 1. The number of ether oxygens (including phenoxy) is 1. The number of rotatable bonds is 6. The third kappa shape index (κ3) is 5.15. The fraction of sp³-hybridized carbons (Fsp3) is 0.304. The van der Waals surface area contributed by atoms with Crippen molar-refractivity contribution < 1.29 is 14.3 Å². The van der Waals surface area contributed by atoms with Gasteiger partial charge in [0, 0.05) is 11.1 Å². The van der Waals surface area contributed by atoms with Crippen molar-refractivity contribution in [2.75, 3.05) is 7.11 Å². The summed E-state index contributed by atoms with van der Waals surface area (Å²) in [4.78, 5) is 42.8. The van der Waals surface area contributed by atoms with Crippen molar-refractivity contribution in [3.63, 3.8) is 0 Å². The van der Waals surface area contributed by atoms with Crippen molar-refractivity contribution in [2.45, 2.75) is 43.1 Å². The Bertz CT molecular complexity index is 1310. The summed E-state index contributed by atoms with van der Waals surface area (Å²) in [6.07, 6.45) is 1.83.